The van der Waals surface area contributed by atoms with Crippen LogP contribution in [0.3, 0.4) is 0 Å². The number of carboxylic acid groups (broad SMARTS) is 1. The number of methoxy groups -OCH3 is 1. The minimum absolute atomic E-state index is 0.0537. The first-order chi connectivity index (χ1) is 21.7. The monoisotopic (exact) mass is 644 g/mol. The molecule has 2 saturated carbocycles. The number of benzene rings is 1. The summed E-state index contributed by atoms with van der Waals surface area (Å²) in [6, 6.07) is 2.26. The van der Waals surface area contributed by atoms with Gasteiger partial charge in [-0.05, 0) is 61.0 Å². The number of fused-ring (bicyclic) bond motifs is 7. The van der Waals surface area contributed by atoms with E-state index in [-0.39, 0.29) is 36.0 Å². The number of hydrogen-bond donors (Lipinski definition) is 2. The predicted molar refractivity (Wildman–Crippen MR) is 162 cm³/mol. The van der Waals surface area contributed by atoms with E-state index in [2.05, 4.69) is 15.3 Å². The van der Waals surface area contributed by atoms with Crippen molar-refractivity contribution in [1.82, 2.24) is 20.2 Å². The number of ether oxygens (including phenoxy) is 3. The van der Waals surface area contributed by atoms with Crippen LogP contribution < -0.4 is 14.8 Å². The van der Waals surface area contributed by atoms with Crippen molar-refractivity contribution in [3.8, 4) is 11.6 Å². The number of alkyl halides is 2. The summed E-state index contributed by atoms with van der Waals surface area (Å²) in [6.07, 6.45) is 0.481. The predicted octanol–water partition coefficient (Wildman–Crippen LogP) is 5.15. The molecule has 0 spiro atoms. The van der Waals surface area contributed by atoms with Crippen molar-refractivity contribution in [2.24, 2.45) is 29.1 Å². The zero-order valence-corrected chi connectivity index (χ0v) is 26.8. The fourth-order valence-corrected chi connectivity index (χ4v) is 7.60. The van der Waals surface area contributed by atoms with Crippen molar-refractivity contribution < 1.29 is 42.5 Å². The standard InChI is InChI=1S/C33H42F2N4O7/c1-16-24-15-39(25(16)30(41)42)29(40)27(32(2,3)4)38-31(43)46-23-13-17-12-20(17)19(23)8-6-7-11-33(34,35)26-28(45-24)37-22-14-18(44-5)9-10-21(22)36-26/h9-10,14,16-17,19-20,23-25,27H,6-8,11-13,15H2,1-5H3,(H,38,43)(H,41,42). The Hall–Kier alpha value is -3.77. The minimum Gasteiger partial charge on any atom is -0.497 e. The number of nitrogens with one attached hydrogen (secondary N) is 1. The van der Waals surface area contributed by atoms with Gasteiger partial charge in [-0.3, -0.25) is 4.79 Å². The summed E-state index contributed by atoms with van der Waals surface area (Å²) in [5.41, 5.74) is -0.929. The van der Waals surface area contributed by atoms with Crippen LogP contribution in [0, 0.1) is 29.1 Å². The molecule has 46 heavy (non-hydrogen) atoms. The molecule has 6 rings (SSSR count). The smallest absolute Gasteiger partial charge is 0.408 e. The molecule has 2 aliphatic carbocycles. The molecule has 250 valence electrons. The van der Waals surface area contributed by atoms with Gasteiger partial charge in [0.25, 0.3) is 5.92 Å². The number of hydrogen-bond acceptors (Lipinski definition) is 8. The van der Waals surface area contributed by atoms with Gasteiger partial charge < -0.3 is 29.5 Å². The van der Waals surface area contributed by atoms with Crippen LogP contribution in [0.5, 0.6) is 11.6 Å². The lowest BCUT2D eigenvalue weighted by Crippen LogP contribution is -2.57. The number of carboxylic acids is 1. The van der Waals surface area contributed by atoms with Crippen molar-refractivity contribution in [2.45, 2.75) is 96.4 Å². The molecule has 8 atom stereocenters. The summed E-state index contributed by atoms with van der Waals surface area (Å²) in [5, 5.41) is 13.0. The van der Waals surface area contributed by atoms with Crippen LogP contribution >= 0.6 is 0 Å². The molecule has 2 bridgehead atoms. The number of alkyl carbamates (subject to hydrolysis) is 1. The molecular formula is C33H42F2N4O7. The van der Waals surface area contributed by atoms with Gasteiger partial charge >= 0.3 is 12.1 Å². The third-order valence-corrected chi connectivity index (χ3v) is 10.2. The Morgan fingerprint density at radius 1 is 1.09 bits per heavy atom. The number of carbonyl (C=O) groups is 3. The zero-order valence-electron chi connectivity index (χ0n) is 26.8. The van der Waals surface area contributed by atoms with Crippen molar-refractivity contribution >= 4 is 29.0 Å². The van der Waals surface area contributed by atoms with E-state index in [1.165, 1.54) is 7.11 Å². The number of nitrogens with zero attached hydrogens (tertiary/aromatic N) is 3. The summed E-state index contributed by atoms with van der Waals surface area (Å²) in [4.78, 5) is 49.8. The van der Waals surface area contributed by atoms with Gasteiger partial charge in [-0.2, -0.15) is 8.78 Å². The second-order valence-corrected chi connectivity index (χ2v) is 14.4. The van der Waals surface area contributed by atoms with Gasteiger partial charge in [-0.1, -0.05) is 34.1 Å². The molecule has 1 aromatic carbocycles. The fourth-order valence-electron chi connectivity index (χ4n) is 7.60. The molecule has 2 N–H and O–H groups in total. The Bertz CT molecular complexity index is 1530. The summed E-state index contributed by atoms with van der Waals surface area (Å²) < 4.78 is 49.4. The Labute approximate surface area is 266 Å². The van der Waals surface area contributed by atoms with Gasteiger partial charge in [0, 0.05) is 18.4 Å². The Morgan fingerprint density at radius 2 is 1.85 bits per heavy atom. The van der Waals surface area contributed by atoms with E-state index in [0.29, 0.717) is 36.8 Å². The van der Waals surface area contributed by atoms with Gasteiger partial charge in [0.15, 0.2) is 5.69 Å². The highest BCUT2D eigenvalue weighted by molar-refractivity contribution is 5.90. The number of aliphatic carboxylic acids is 1. The molecule has 3 heterocycles. The van der Waals surface area contributed by atoms with Crippen molar-refractivity contribution in [3.05, 3.63) is 23.9 Å². The highest BCUT2D eigenvalue weighted by Crippen LogP contribution is 2.58. The van der Waals surface area contributed by atoms with Crippen LogP contribution in [0.2, 0.25) is 0 Å². The normalized spacial score (nSPS) is 33.0. The van der Waals surface area contributed by atoms with Crippen molar-refractivity contribution in [1.29, 1.82) is 0 Å². The van der Waals surface area contributed by atoms with Crippen molar-refractivity contribution in [3.63, 3.8) is 0 Å². The van der Waals surface area contributed by atoms with E-state index in [0.717, 1.165) is 11.3 Å². The molecule has 2 amide bonds. The Kier molecular flexibility index (Phi) is 8.25. The first-order valence-corrected chi connectivity index (χ1v) is 16.1. The molecule has 2 aliphatic heterocycles. The van der Waals surface area contributed by atoms with Crippen LogP contribution in [0.25, 0.3) is 11.0 Å². The van der Waals surface area contributed by atoms with Crippen LogP contribution in [0.4, 0.5) is 13.6 Å². The zero-order chi connectivity index (χ0) is 33.1. The molecule has 1 saturated heterocycles. The van der Waals surface area contributed by atoms with E-state index in [1.54, 1.807) is 45.9 Å². The highest BCUT2D eigenvalue weighted by atomic mass is 19.3. The van der Waals surface area contributed by atoms with Crippen LogP contribution in [0.1, 0.15) is 71.9 Å². The molecule has 2 aromatic rings. The third kappa shape index (κ3) is 6.04. The maximum absolute atomic E-state index is 16.1. The average Bonchev–Trinajstić information content (AvgIpc) is 3.55. The topological polar surface area (TPSA) is 140 Å². The van der Waals surface area contributed by atoms with Gasteiger partial charge in [0.05, 0.1) is 24.7 Å². The summed E-state index contributed by atoms with van der Waals surface area (Å²) in [5.74, 6) is -5.18. The van der Waals surface area contributed by atoms with Crippen LogP contribution in [0.15, 0.2) is 18.2 Å². The van der Waals surface area contributed by atoms with Gasteiger partial charge in [0.1, 0.15) is 30.0 Å². The SMILES string of the molecule is COc1ccc2nc3c(nc2c1)OC1CN(C(=O)C(C(C)(C)C)NC(=O)OC2CC4CC4C2CCCCC3(F)F)C(C(=O)O)C1C. The molecule has 3 fully saturated rings. The maximum Gasteiger partial charge on any atom is 0.408 e. The van der Waals surface area contributed by atoms with Gasteiger partial charge in [0.2, 0.25) is 11.8 Å². The Balaban J connectivity index is 1.41. The number of aromatic nitrogens is 2. The van der Waals surface area contributed by atoms with E-state index in [1.807, 2.05) is 0 Å². The summed E-state index contributed by atoms with van der Waals surface area (Å²) in [6.45, 7) is 6.68. The summed E-state index contributed by atoms with van der Waals surface area (Å²) >= 11 is 0. The third-order valence-electron chi connectivity index (χ3n) is 10.2. The Morgan fingerprint density at radius 3 is 2.54 bits per heavy atom. The first kappa shape index (κ1) is 32.2. The van der Waals surface area contributed by atoms with E-state index >= 15 is 8.78 Å². The van der Waals surface area contributed by atoms with Crippen molar-refractivity contribution in [2.75, 3.05) is 13.7 Å². The molecule has 11 nitrogen and oxygen atoms in total. The maximum atomic E-state index is 16.1. The van der Waals surface area contributed by atoms with Crippen LogP contribution in [-0.4, -0.2) is 75.9 Å². The average molecular weight is 645 g/mol. The molecule has 1 aromatic heterocycles. The largest absolute Gasteiger partial charge is 0.497 e. The first-order valence-electron chi connectivity index (χ1n) is 16.1. The molecule has 8 unspecified atom stereocenters. The summed E-state index contributed by atoms with van der Waals surface area (Å²) in [7, 11) is 1.47. The lowest BCUT2D eigenvalue weighted by atomic mass is 9.85. The second kappa shape index (κ2) is 11.8. The second-order valence-electron chi connectivity index (χ2n) is 14.4. The highest BCUT2D eigenvalue weighted by Gasteiger charge is 2.55. The van der Waals surface area contributed by atoms with E-state index in [4.69, 9.17) is 14.2 Å². The van der Waals surface area contributed by atoms with Gasteiger partial charge in [-0.15, -0.1) is 0 Å². The quantitative estimate of drug-likeness (QED) is 0.454. The number of rotatable bonds is 2. The molecule has 4 aliphatic rings. The lowest BCUT2D eigenvalue weighted by Gasteiger charge is -2.35. The number of amides is 2. The number of halogens is 2. The fraction of sp³-hybridized carbons (Fsp3) is 0.667. The lowest BCUT2D eigenvalue weighted by molar-refractivity contribution is -0.151. The van der Waals surface area contributed by atoms with Gasteiger partial charge in [-0.25, -0.2) is 19.6 Å². The van der Waals surface area contributed by atoms with E-state index < -0.39 is 71.4 Å². The van der Waals surface area contributed by atoms with Crippen LogP contribution in [-0.2, 0) is 20.2 Å². The molecule has 0 radical (unpaired) electrons. The molecule has 13 heteroatoms. The number of carbonyl (C=O) groups excluding carboxylic acids is 2. The molecular weight excluding hydrogens is 602 g/mol. The van der Waals surface area contributed by atoms with E-state index in [9.17, 15) is 19.5 Å². The minimum atomic E-state index is -3.41.